The third-order valence-corrected chi connectivity index (χ3v) is 8.11. The Labute approximate surface area is 233 Å². The number of aromatic amines is 1. The Morgan fingerprint density at radius 1 is 1.12 bits per heavy atom. The van der Waals surface area contributed by atoms with Gasteiger partial charge in [-0.3, -0.25) is 9.59 Å². The van der Waals surface area contributed by atoms with E-state index in [9.17, 15) is 9.59 Å². The topological polar surface area (TPSA) is 122 Å². The maximum absolute atomic E-state index is 15.4. The lowest BCUT2D eigenvalue weighted by Crippen LogP contribution is -2.39. The van der Waals surface area contributed by atoms with Crippen LogP contribution in [0.25, 0.3) is 22.5 Å². The summed E-state index contributed by atoms with van der Waals surface area (Å²) in [7, 11) is 0. The normalized spacial score (nSPS) is 20.4. The van der Waals surface area contributed by atoms with Crippen LogP contribution in [0.15, 0.2) is 55.0 Å². The molecule has 2 atom stereocenters. The standard InChI is InChI=1S/C28H24ClFN8O2/c29-19-8-10-22(37-14-32-35-36-37)25(26(19)30)16-11-17-7-9-23(38(17)24(39)12-16)27-31-13-21(33-27)18-3-1-2-4-20(18)34-28(40)15-5-6-15/h1-4,8,10,12-15,17,23H,5-7,9,11H2,(H,31,33)(H,34,40)/t17-,23+/m1/s1. The number of tetrazole rings is 1. The van der Waals surface area contributed by atoms with Gasteiger partial charge in [-0.15, -0.1) is 5.10 Å². The first kappa shape index (κ1) is 24.6. The monoisotopic (exact) mass is 558 g/mol. The number of aromatic nitrogens is 6. The second-order valence-electron chi connectivity index (χ2n) is 10.4. The highest BCUT2D eigenvalue weighted by Crippen LogP contribution is 2.44. The van der Waals surface area contributed by atoms with Crippen LogP contribution in [-0.4, -0.2) is 52.9 Å². The Hall–Kier alpha value is -4.38. The van der Waals surface area contributed by atoms with Gasteiger partial charge in [-0.1, -0.05) is 29.8 Å². The Balaban J connectivity index is 1.17. The van der Waals surface area contributed by atoms with Crippen molar-refractivity contribution in [2.45, 2.75) is 44.2 Å². The molecule has 1 saturated heterocycles. The van der Waals surface area contributed by atoms with Gasteiger partial charge >= 0.3 is 0 Å². The summed E-state index contributed by atoms with van der Waals surface area (Å²) in [4.78, 5) is 35.8. The number of rotatable bonds is 6. The SMILES string of the molecule is O=C(Nc1ccccc1-c1c[nH]c([C@@H]2CC[C@@H]3CC(c4c(-n5cnnn5)ccc(Cl)c4F)=CC(=O)N32)n1)C1CC1. The maximum Gasteiger partial charge on any atom is 0.247 e. The molecule has 4 aromatic rings. The van der Waals surface area contributed by atoms with Gasteiger partial charge in [0.2, 0.25) is 11.8 Å². The summed E-state index contributed by atoms with van der Waals surface area (Å²) in [6, 6.07) is 10.3. The molecule has 4 heterocycles. The van der Waals surface area contributed by atoms with Crippen LogP contribution in [0.3, 0.4) is 0 Å². The highest BCUT2D eigenvalue weighted by molar-refractivity contribution is 6.31. The molecule has 2 amide bonds. The molecular weight excluding hydrogens is 535 g/mol. The average Bonchev–Trinajstić information content (AvgIpc) is 3.30. The van der Waals surface area contributed by atoms with Crippen LogP contribution >= 0.6 is 11.6 Å². The minimum Gasteiger partial charge on any atom is -0.346 e. The van der Waals surface area contributed by atoms with Crippen LogP contribution in [0.4, 0.5) is 10.1 Å². The Bertz CT molecular complexity index is 1660. The van der Waals surface area contributed by atoms with Gasteiger partial charge in [0.25, 0.3) is 0 Å². The number of amides is 2. The van der Waals surface area contributed by atoms with Crippen LogP contribution in [0.1, 0.15) is 49.5 Å². The molecule has 2 aromatic carbocycles. The van der Waals surface area contributed by atoms with Crippen LogP contribution in [-0.2, 0) is 9.59 Å². The van der Waals surface area contributed by atoms with E-state index < -0.39 is 5.82 Å². The predicted molar refractivity (Wildman–Crippen MR) is 145 cm³/mol. The van der Waals surface area contributed by atoms with E-state index in [1.165, 1.54) is 23.2 Å². The van der Waals surface area contributed by atoms with Crippen molar-refractivity contribution >= 4 is 34.7 Å². The quantitative estimate of drug-likeness (QED) is 0.353. The first-order chi connectivity index (χ1) is 19.5. The Kier molecular flexibility index (Phi) is 5.96. The number of hydrogen-bond acceptors (Lipinski definition) is 6. The molecule has 10 nitrogen and oxygen atoms in total. The van der Waals surface area contributed by atoms with Gasteiger partial charge in [0.05, 0.1) is 28.1 Å². The molecule has 2 N–H and O–H groups in total. The third kappa shape index (κ3) is 4.26. The lowest BCUT2D eigenvalue weighted by molar-refractivity contribution is -0.129. The molecule has 1 aliphatic carbocycles. The first-order valence-electron chi connectivity index (χ1n) is 13.2. The molecule has 12 heteroatoms. The summed E-state index contributed by atoms with van der Waals surface area (Å²) >= 11 is 6.13. The van der Waals surface area contributed by atoms with Crippen LogP contribution < -0.4 is 5.32 Å². The molecule has 0 radical (unpaired) electrons. The van der Waals surface area contributed by atoms with E-state index in [1.807, 2.05) is 29.2 Å². The number of anilines is 1. The van der Waals surface area contributed by atoms with Crippen molar-refractivity contribution in [1.29, 1.82) is 0 Å². The second kappa shape index (κ2) is 9.67. The number of nitrogens with one attached hydrogen (secondary N) is 2. The molecule has 0 spiro atoms. The summed E-state index contributed by atoms with van der Waals surface area (Å²) in [6.07, 6.45) is 8.41. The fraction of sp³-hybridized carbons (Fsp3) is 0.286. The second-order valence-corrected chi connectivity index (χ2v) is 10.8. The number of halogens is 2. The van der Waals surface area contributed by atoms with E-state index in [4.69, 9.17) is 16.6 Å². The fourth-order valence-electron chi connectivity index (χ4n) is 5.75. The van der Waals surface area contributed by atoms with Crippen molar-refractivity contribution in [3.63, 3.8) is 0 Å². The van der Waals surface area contributed by atoms with Crippen molar-refractivity contribution < 1.29 is 14.0 Å². The maximum atomic E-state index is 15.4. The number of carbonyl (C=O) groups excluding carboxylic acids is 2. The Morgan fingerprint density at radius 3 is 2.77 bits per heavy atom. The zero-order valence-corrected chi connectivity index (χ0v) is 22.0. The smallest absolute Gasteiger partial charge is 0.247 e. The number of carbonyl (C=O) groups is 2. The molecule has 40 heavy (non-hydrogen) atoms. The van der Waals surface area contributed by atoms with Gasteiger partial charge in [0.15, 0.2) is 5.82 Å². The number of imidazole rings is 1. The average molecular weight is 559 g/mol. The lowest BCUT2D eigenvalue weighted by atomic mass is 9.92. The molecular formula is C28H24ClFN8O2. The van der Waals surface area contributed by atoms with E-state index in [0.29, 0.717) is 41.3 Å². The molecule has 2 fully saturated rings. The summed E-state index contributed by atoms with van der Waals surface area (Å²) in [5, 5.41) is 14.2. The number of benzene rings is 2. The molecule has 2 aromatic heterocycles. The van der Waals surface area contributed by atoms with E-state index in [2.05, 4.69) is 25.8 Å². The van der Waals surface area contributed by atoms with Gasteiger partial charge in [0.1, 0.15) is 12.2 Å². The highest BCUT2D eigenvalue weighted by atomic mass is 35.5. The van der Waals surface area contributed by atoms with Gasteiger partial charge in [0, 0.05) is 35.4 Å². The Morgan fingerprint density at radius 2 is 1.98 bits per heavy atom. The molecule has 202 valence electrons. The van der Waals surface area contributed by atoms with Crippen molar-refractivity contribution in [3.05, 3.63) is 77.2 Å². The van der Waals surface area contributed by atoms with Crippen molar-refractivity contribution in [2.24, 2.45) is 5.92 Å². The number of nitrogens with zero attached hydrogens (tertiary/aromatic N) is 6. The van der Waals surface area contributed by atoms with Crippen LogP contribution in [0.2, 0.25) is 5.02 Å². The van der Waals surface area contributed by atoms with E-state index in [0.717, 1.165) is 24.8 Å². The van der Waals surface area contributed by atoms with Crippen LogP contribution in [0.5, 0.6) is 0 Å². The number of para-hydroxylation sites is 1. The largest absolute Gasteiger partial charge is 0.346 e. The number of fused-ring (bicyclic) bond motifs is 1. The lowest BCUT2D eigenvalue weighted by Gasteiger charge is -2.33. The minimum atomic E-state index is -0.611. The number of hydrogen-bond donors (Lipinski definition) is 2. The van der Waals surface area contributed by atoms with Gasteiger partial charge in [-0.05, 0) is 66.3 Å². The molecule has 7 rings (SSSR count). The predicted octanol–water partition coefficient (Wildman–Crippen LogP) is 4.71. The summed E-state index contributed by atoms with van der Waals surface area (Å²) < 4.78 is 16.7. The van der Waals surface area contributed by atoms with E-state index in [1.54, 1.807) is 12.3 Å². The zero-order valence-electron chi connectivity index (χ0n) is 21.2. The fourth-order valence-corrected chi connectivity index (χ4v) is 5.90. The van der Waals surface area contributed by atoms with E-state index in [-0.39, 0.29) is 40.4 Å². The molecule has 0 unspecified atom stereocenters. The van der Waals surface area contributed by atoms with Crippen LogP contribution in [0, 0.1) is 11.7 Å². The third-order valence-electron chi connectivity index (χ3n) is 7.82. The van der Waals surface area contributed by atoms with Crippen molar-refractivity contribution in [3.8, 4) is 16.9 Å². The highest BCUT2D eigenvalue weighted by Gasteiger charge is 2.42. The van der Waals surface area contributed by atoms with Gasteiger partial charge in [-0.2, -0.15) is 4.68 Å². The molecule has 1 saturated carbocycles. The summed E-state index contributed by atoms with van der Waals surface area (Å²) in [5.41, 5.74) is 3.41. The first-order valence-corrected chi connectivity index (χ1v) is 13.6. The molecule has 3 aliphatic rings. The summed E-state index contributed by atoms with van der Waals surface area (Å²) in [6.45, 7) is 0. The summed E-state index contributed by atoms with van der Waals surface area (Å²) in [5.74, 6) is -0.0339. The van der Waals surface area contributed by atoms with Crippen molar-refractivity contribution in [2.75, 3.05) is 5.32 Å². The minimum absolute atomic E-state index is 0.0303. The van der Waals surface area contributed by atoms with Gasteiger partial charge in [-0.25, -0.2) is 9.37 Å². The molecule has 2 aliphatic heterocycles. The number of H-pyrrole nitrogens is 1. The van der Waals surface area contributed by atoms with E-state index >= 15 is 4.39 Å². The van der Waals surface area contributed by atoms with Gasteiger partial charge < -0.3 is 15.2 Å². The van der Waals surface area contributed by atoms with Crippen molar-refractivity contribution in [1.82, 2.24) is 35.1 Å². The molecule has 0 bridgehead atoms. The zero-order chi connectivity index (χ0) is 27.4.